The molecular weight excluding hydrogens is 154 g/mol. The average molecular weight is 167 g/mol. The van der Waals surface area contributed by atoms with E-state index in [0.717, 1.165) is 31.6 Å². The van der Waals surface area contributed by atoms with Crippen molar-refractivity contribution < 1.29 is 4.74 Å². The maximum absolute atomic E-state index is 5.66. The van der Waals surface area contributed by atoms with E-state index in [-0.39, 0.29) is 0 Å². The highest BCUT2D eigenvalue weighted by atomic mass is 16.5. The summed E-state index contributed by atoms with van der Waals surface area (Å²) >= 11 is 0. The van der Waals surface area contributed by atoms with Crippen LogP contribution in [0.2, 0.25) is 0 Å². The van der Waals surface area contributed by atoms with Crippen molar-refractivity contribution in [2.75, 3.05) is 18.9 Å². The molecule has 0 radical (unpaired) electrons. The lowest BCUT2D eigenvalue weighted by Gasteiger charge is -2.04. The monoisotopic (exact) mass is 167 g/mol. The molecule has 0 saturated carbocycles. The lowest BCUT2D eigenvalue weighted by atomic mass is 10.0. The normalized spacial score (nSPS) is 23.2. The first-order valence-corrected chi connectivity index (χ1v) is 4.21. The molecule has 12 heavy (non-hydrogen) atoms. The Kier molecular flexibility index (Phi) is 1.99. The molecule has 2 heterocycles. The van der Waals surface area contributed by atoms with Gasteiger partial charge in [0.25, 0.3) is 0 Å². The van der Waals surface area contributed by atoms with Crippen LogP contribution < -0.4 is 5.73 Å². The summed E-state index contributed by atoms with van der Waals surface area (Å²) in [7, 11) is 0. The number of nitrogens with zero attached hydrogens (tertiary/aromatic N) is 1. The molecule has 0 aliphatic carbocycles. The zero-order valence-electron chi connectivity index (χ0n) is 6.92. The third-order valence-electron chi connectivity index (χ3n) is 2.28. The van der Waals surface area contributed by atoms with Gasteiger partial charge in [-0.25, -0.2) is 0 Å². The maximum atomic E-state index is 5.66. The summed E-state index contributed by atoms with van der Waals surface area (Å²) in [4.78, 5) is 0. The number of anilines is 1. The molecule has 1 aliphatic heterocycles. The molecule has 1 fully saturated rings. The summed E-state index contributed by atoms with van der Waals surface area (Å²) in [6.07, 6.45) is 3.93. The van der Waals surface area contributed by atoms with Gasteiger partial charge in [-0.15, -0.1) is 0 Å². The van der Waals surface area contributed by atoms with E-state index in [1.54, 1.807) is 6.20 Å². The highest BCUT2D eigenvalue weighted by molar-refractivity contribution is 5.36. The van der Waals surface area contributed by atoms with Crippen LogP contribution in [-0.2, 0) is 11.2 Å². The van der Waals surface area contributed by atoms with E-state index in [4.69, 9.17) is 10.5 Å². The van der Waals surface area contributed by atoms with Crippen molar-refractivity contribution in [1.82, 2.24) is 10.2 Å². The van der Waals surface area contributed by atoms with Crippen LogP contribution in [0.1, 0.15) is 12.0 Å². The fraction of sp³-hybridized carbons (Fsp3) is 0.625. The van der Waals surface area contributed by atoms with E-state index in [9.17, 15) is 0 Å². The minimum atomic E-state index is 0.630. The van der Waals surface area contributed by atoms with Crippen LogP contribution in [0.3, 0.4) is 0 Å². The van der Waals surface area contributed by atoms with Gasteiger partial charge in [0.1, 0.15) is 5.82 Å². The Morgan fingerprint density at radius 1 is 1.75 bits per heavy atom. The first-order valence-electron chi connectivity index (χ1n) is 4.21. The molecule has 1 unspecified atom stereocenters. The van der Waals surface area contributed by atoms with Crippen LogP contribution in [0, 0.1) is 5.92 Å². The third kappa shape index (κ3) is 1.43. The smallest absolute Gasteiger partial charge is 0.122 e. The quantitative estimate of drug-likeness (QED) is 0.676. The first-order chi connectivity index (χ1) is 5.86. The van der Waals surface area contributed by atoms with Crippen LogP contribution in [0.15, 0.2) is 6.20 Å². The third-order valence-corrected chi connectivity index (χ3v) is 2.28. The van der Waals surface area contributed by atoms with Gasteiger partial charge in [-0.3, -0.25) is 5.10 Å². The summed E-state index contributed by atoms with van der Waals surface area (Å²) in [5.74, 6) is 1.33. The van der Waals surface area contributed by atoms with E-state index in [0.29, 0.717) is 11.7 Å². The van der Waals surface area contributed by atoms with E-state index in [1.807, 2.05) is 0 Å². The number of H-pyrrole nitrogens is 1. The summed E-state index contributed by atoms with van der Waals surface area (Å²) < 4.78 is 5.27. The molecule has 1 aromatic heterocycles. The Balaban J connectivity index is 1.98. The Bertz CT molecular complexity index is 253. The van der Waals surface area contributed by atoms with Crippen molar-refractivity contribution >= 4 is 5.82 Å². The minimum Gasteiger partial charge on any atom is -0.384 e. The van der Waals surface area contributed by atoms with Crippen molar-refractivity contribution in [1.29, 1.82) is 0 Å². The van der Waals surface area contributed by atoms with Gasteiger partial charge >= 0.3 is 0 Å². The molecular formula is C8H13N3O. The lowest BCUT2D eigenvalue weighted by Crippen LogP contribution is -2.04. The topological polar surface area (TPSA) is 63.9 Å². The minimum absolute atomic E-state index is 0.630. The Morgan fingerprint density at radius 3 is 3.25 bits per heavy atom. The fourth-order valence-corrected chi connectivity index (χ4v) is 1.54. The van der Waals surface area contributed by atoms with Crippen molar-refractivity contribution in [2.24, 2.45) is 5.92 Å². The second-order valence-electron chi connectivity index (χ2n) is 3.24. The van der Waals surface area contributed by atoms with Gasteiger partial charge in [-0.1, -0.05) is 0 Å². The van der Waals surface area contributed by atoms with Crippen LogP contribution in [-0.4, -0.2) is 23.4 Å². The molecule has 66 valence electrons. The second kappa shape index (κ2) is 3.15. The van der Waals surface area contributed by atoms with Gasteiger partial charge in [-0.05, 0) is 18.8 Å². The number of nitrogens with two attached hydrogens (primary N) is 1. The molecule has 1 atom stereocenters. The second-order valence-corrected chi connectivity index (χ2v) is 3.24. The molecule has 0 amide bonds. The molecule has 1 aliphatic rings. The number of nitrogens with one attached hydrogen (secondary N) is 1. The predicted molar refractivity (Wildman–Crippen MR) is 45.6 cm³/mol. The molecule has 0 spiro atoms. The van der Waals surface area contributed by atoms with Crippen LogP contribution in [0.4, 0.5) is 5.82 Å². The van der Waals surface area contributed by atoms with Gasteiger partial charge < -0.3 is 10.5 Å². The van der Waals surface area contributed by atoms with E-state index in [2.05, 4.69) is 10.2 Å². The zero-order valence-corrected chi connectivity index (χ0v) is 6.92. The van der Waals surface area contributed by atoms with Gasteiger partial charge in [0.2, 0.25) is 0 Å². The lowest BCUT2D eigenvalue weighted by molar-refractivity contribution is 0.186. The predicted octanol–water partition coefficient (Wildman–Crippen LogP) is 0.571. The zero-order chi connectivity index (χ0) is 8.39. The maximum Gasteiger partial charge on any atom is 0.122 e. The molecule has 0 aromatic carbocycles. The number of nitrogen functional groups attached to an aromatic ring is 1. The van der Waals surface area contributed by atoms with Gasteiger partial charge in [0.05, 0.1) is 6.20 Å². The summed E-state index contributed by atoms with van der Waals surface area (Å²) in [5.41, 5.74) is 6.78. The number of rotatable bonds is 2. The van der Waals surface area contributed by atoms with Crippen molar-refractivity contribution in [3.05, 3.63) is 11.8 Å². The molecule has 1 saturated heterocycles. The highest BCUT2D eigenvalue weighted by Crippen LogP contribution is 2.19. The molecule has 3 N–H and O–H groups in total. The number of hydrogen-bond acceptors (Lipinski definition) is 3. The van der Waals surface area contributed by atoms with E-state index >= 15 is 0 Å². The Labute approximate surface area is 71.1 Å². The Morgan fingerprint density at radius 2 is 2.67 bits per heavy atom. The number of aromatic nitrogens is 2. The highest BCUT2D eigenvalue weighted by Gasteiger charge is 2.17. The molecule has 4 nitrogen and oxygen atoms in total. The van der Waals surface area contributed by atoms with Crippen LogP contribution >= 0.6 is 0 Å². The first kappa shape index (κ1) is 7.61. The SMILES string of the molecule is Nc1[nH]ncc1CC1CCOC1. The fourth-order valence-electron chi connectivity index (χ4n) is 1.54. The average Bonchev–Trinajstić information content (AvgIpc) is 2.65. The summed E-state index contributed by atoms with van der Waals surface area (Å²) in [6.45, 7) is 1.76. The molecule has 1 aromatic rings. The van der Waals surface area contributed by atoms with Crippen molar-refractivity contribution in [2.45, 2.75) is 12.8 Å². The van der Waals surface area contributed by atoms with Gasteiger partial charge in [0, 0.05) is 18.8 Å². The molecule has 4 heteroatoms. The van der Waals surface area contributed by atoms with E-state index < -0.39 is 0 Å². The number of hydrogen-bond donors (Lipinski definition) is 2. The standard InChI is InChI=1S/C8H13N3O/c9-8-7(4-10-11-8)3-6-1-2-12-5-6/h4,6H,1-3,5H2,(H3,9,10,11). The Hall–Kier alpha value is -1.03. The van der Waals surface area contributed by atoms with Gasteiger partial charge in [0.15, 0.2) is 0 Å². The van der Waals surface area contributed by atoms with Gasteiger partial charge in [-0.2, -0.15) is 5.10 Å². The number of aromatic amines is 1. The van der Waals surface area contributed by atoms with Crippen molar-refractivity contribution in [3.8, 4) is 0 Å². The van der Waals surface area contributed by atoms with Crippen molar-refractivity contribution in [3.63, 3.8) is 0 Å². The summed E-state index contributed by atoms with van der Waals surface area (Å²) in [5, 5.41) is 6.60. The largest absolute Gasteiger partial charge is 0.384 e. The summed E-state index contributed by atoms with van der Waals surface area (Å²) in [6, 6.07) is 0. The molecule has 0 bridgehead atoms. The van der Waals surface area contributed by atoms with E-state index in [1.165, 1.54) is 0 Å². The molecule has 2 rings (SSSR count). The van der Waals surface area contributed by atoms with Crippen LogP contribution in [0.25, 0.3) is 0 Å². The number of ether oxygens (including phenoxy) is 1. The van der Waals surface area contributed by atoms with Crippen LogP contribution in [0.5, 0.6) is 0 Å².